The maximum absolute atomic E-state index is 11.9. The van der Waals surface area contributed by atoms with Crippen molar-refractivity contribution < 1.29 is 18.0 Å². The Kier molecular flexibility index (Phi) is 4.76. The van der Waals surface area contributed by atoms with Crippen molar-refractivity contribution in [3.63, 3.8) is 0 Å². The molecule has 2 unspecified atom stereocenters. The Morgan fingerprint density at radius 2 is 2.24 bits per heavy atom. The number of nitrogens with zero attached hydrogens (tertiary/aromatic N) is 1. The summed E-state index contributed by atoms with van der Waals surface area (Å²) in [6, 6.07) is -0.275. The Hall–Kier alpha value is -0.820. The summed E-state index contributed by atoms with van der Waals surface area (Å²) in [5, 5.41) is 5.12. The SMILES string of the molecule is CC1CN(C(C)C(=O)NCC(F)(F)F)CCN1. The number of rotatable bonds is 3. The first-order valence-electron chi connectivity index (χ1n) is 5.61. The predicted molar refractivity (Wildman–Crippen MR) is 57.6 cm³/mol. The van der Waals surface area contributed by atoms with Gasteiger partial charge >= 0.3 is 6.18 Å². The van der Waals surface area contributed by atoms with E-state index in [1.165, 1.54) is 0 Å². The lowest BCUT2D eigenvalue weighted by molar-refractivity contribution is -0.141. The van der Waals surface area contributed by atoms with Gasteiger partial charge < -0.3 is 10.6 Å². The zero-order valence-electron chi connectivity index (χ0n) is 9.97. The van der Waals surface area contributed by atoms with Gasteiger partial charge in [-0.2, -0.15) is 13.2 Å². The van der Waals surface area contributed by atoms with Crippen LogP contribution in [0.3, 0.4) is 0 Å². The average molecular weight is 253 g/mol. The second-order valence-corrected chi connectivity index (χ2v) is 4.36. The lowest BCUT2D eigenvalue weighted by atomic mass is 10.1. The Morgan fingerprint density at radius 3 is 2.76 bits per heavy atom. The van der Waals surface area contributed by atoms with Gasteiger partial charge in [0.15, 0.2) is 0 Å². The first-order valence-corrected chi connectivity index (χ1v) is 5.61. The van der Waals surface area contributed by atoms with Gasteiger partial charge in [-0.05, 0) is 13.8 Å². The first-order chi connectivity index (χ1) is 7.79. The molecule has 1 fully saturated rings. The molecule has 2 N–H and O–H groups in total. The molecule has 0 bridgehead atoms. The van der Waals surface area contributed by atoms with Crippen LogP contribution in [-0.4, -0.2) is 55.2 Å². The molecule has 0 aliphatic carbocycles. The second-order valence-electron chi connectivity index (χ2n) is 4.36. The number of carbonyl (C=O) groups is 1. The molecule has 0 aromatic carbocycles. The number of halogens is 3. The Morgan fingerprint density at radius 1 is 1.59 bits per heavy atom. The van der Waals surface area contributed by atoms with Crippen LogP contribution in [0.2, 0.25) is 0 Å². The van der Waals surface area contributed by atoms with E-state index in [0.717, 1.165) is 6.54 Å². The van der Waals surface area contributed by atoms with Gasteiger partial charge in [-0.3, -0.25) is 9.69 Å². The highest BCUT2D eigenvalue weighted by atomic mass is 19.4. The summed E-state index contributed by atoms with van der Waals surface area (Å²) in [6.45, 7) is 4.43. The van der Waals surface area contributed by atoms with Crippen molar-refractivity contribution in [3.8, 4) is 0 Å². The number of amides is 1. The van der Waals surface area contributed by atoms with Crippen molar-refractivity contribution >= 4 is 5.91 Å². The van der Waals surface area contributed by atoms with Crippen LogP contribution in [0.5, 0.6) is 0 Å². The van der Waals surface area contributed by atoms with Gasteiger partial charge in [-0.15, -0.1) is 0 Å². The molecule has 1 rings (SSSR count). The Labute approximate surface area is 98.5 Å². The van der Waals surface area contributed by atoms with Crippen LogP contribution in [0.15, 0.2) is 0 Å². The molecule has 0 radical (unpaired) electrons. The molecule has 2 atom stereocenters. The van der Waals surface area contributed by atoms with E-state index >= 15 is 0 Å². The van der Waals surface area contributed by atoms with Crippen LogP contribution in [-0.2, 0) is 4.79 Å². The highest BCUT2D eigenvalue weighted by molar-refractivity contribution is 5.81. The number of hydrogen-bond acceptors (Lipinski definition) is 3. The summed E-state index contributed by atoms with van der Waals surface area (Å²) in [4.78, 5) is 13.4. The van der Waals surface area contributed by atoms with E-state index < -0.39 is 24.7 Å². The largest absolute Gasteiger partial charge is 0.405 e. The number of carbonyl (C=O) groups excluding carboxylic acids is 1. The molecule has 1 amide bonds. The van der Waals surface area contributed by atoms with Crippen molar-refractivity contribution in [2.24, 2.45) is 0 Å². The standard InChI is InChI=1S/C10H18F3N3O/c1-7-5-16(4-3-14-7)8(2)9(17)15-6-10(11,12)13/h7-8,14H,3-6H2,1-2H3,(H,15,17). The molecule has 1 aliphatic heterocycles. The topological polar surface area (TPSA) is 44.4 Å². The molecule has 0 saturated carbocycles. The van der Waals surface area contributed by atoms with E-state index in [9.17, 15) is 18.0 Å². The Balaban J connectivity index is 2.40. The monoisotopic (exact) mass is 253 g/mol. The first kappa shape index (κ1) is 14.2. The van der Waals surface area contributed by atoms with Crippen molar-refractivity contribution in [2.75, 3.05) is 26.2 Å². The molecule has 1 saturated heterocycles. The number of alkyl halides is 3. The molecule has 0 aromatic rings. The minimum atomic E-state index is -4.36. The molecule has 0 spiro atoms. The van der Waals surface area contributed by atoms with Crippen LogP contribution in [0, 0.1) is 0 Å². The van der Waals surface area contributed by atoms with Gasteiger partial charge in [-0.1, -0.05) is 0 Å². The molecular weight excluding hydrogens is 235 g/mol. The summed E-state index contributed by atoms with van der Waals surface area (Å²) < 4.78 is 35.8. The summed E-state index contributed by atoms with van der Waals surface area (Å²) >= 11 is 0. The number of piperazine rings is 1. The predicted octanol–water partition coefficient (Wildman–Crippen LogP) is 0.347. The van der Waals surface area contributed by atoms with E-state index in [1.54, 1.807) is 6.92 Å². The summed E-state index contributed by atoms with van der Waals surface area (Å²) in [6.07, 6.45) is -4.36. The maximum atomic E-state index is 11.9. The van der Waals surface area contributed by atoms with E-state index in [1.807, 2.05) is 17.1 Å². The van der Waals surface area contributed by atoms with Crippen molar-refractivity contribution in [2.45, 2.75) is 32.1 Å². The van der Waals surface area contributed by atoms with Gasteiger partial charge in [-0.25, -0.2) is 0 Å². The lowest BCUT2D eigenvalue weighted by Crippen LogP contribution is -2.56. The molecule has 7 heteroatoms. The third kappa shape index (κ3) is 4.91. The average Bonchev–Trinajstić information content (AvgIpc) is 2.24. The smallest absolute Gasteiger partial charge is 0.346 e. The zero-order chi connectivity index (χ0) is 13.1. The molecule has 1 aliphatic rings. The fourth-order valence-corrected chi connectivity index (χ4v) is 1.81. The zero-order valence-corrected chi connectivity index (χ0v) is 9.97. The molecule has 100 valence electrons. The fourth-order valence-electron chi connectivity index (χ4n) is 1.81. The summed E-state index contributed by atoms with van der Waals surface area (Å²) in [7, 11) is 0. The van der Waals surface area contributed by atoms with Gasteiger partial charge in [0.1, 0.15) is 6.54 Å². The van der Waals surface area contributed by atoms with Gasteiger partial charge in [0, 0.05) is 25.7 Å². The van der Waals surface area contributed by atoms with E-state index in [4.69, 9.17) is 0 Å². The minimum Gasteiger partial charge on any atom is -0.346 e. The van der Waals surface area contributed by atoms with Crippen LogP contribution in [0.1, 0.15) is 13.8 Å². The fraction of sp³-hybridized carbons (Fsp3) is 0.900. The summed E-state index contributed by atoms with van der Waals surface area (Å²) in [5.74, 6) is -0.573. The normalized spacial score (nSPS) is 24.4. The quantitative estimate of drug-likeness (QED) is 0.762. The van der Waals surface area contributed by atoms with Crippen LogP contribution >= 0.6 is 0 Å². The van der Waals surface area contributed by atoms with E-state index in [2.05, 4.69) is 5.32 Å². The maximum Gasteiger partial charge on any atom is 0.405 e. The van der Waals surface area contributed by atoms with Crippen LogP contribution < -0.4 is 10.6 Å². The molecule has 1 heterocycles. The third-order valence-corrected chi connectivity index (χ3v) is 2.79. The number of hydrogen-bond donors (Lipinski definition) is 2. The van der Waals surface area contributed by atoms with Gasteiger partial charge in [0.25, 0.3) is 0 Å². The summed E-state index contributed by atoms with van der Waals surface area (Å²) in [5.41, 5.74) is 0. The van der Waals surface area contributed by atoms with E-state index in [0.29, 0.717) is 13.1 Å². The highest BCUT2D eigenvalue weighted by Crippen LogP contribution is 2.12. The van der Waals surface area contributed by atoms with Crippen LogP contribution in [0.4, 0.5) is 13.2 Å². The Bertz CT molecular complexity index is 270. The second kappa shape index (κ2) is 5.68. The number of nitrogens with one attached hydrogen (secondary N) is 2. The van der Waals surface area contributed by atoms with Crippen molar-refractivity contribution in [3.05, 3.63) is 0 Å². The van der Waals surface area contributed by atoms with Crippen molar-refractivity contribution in [1.29, 1.82) is 0 Å². The van der Waals surface area contributed by atoms with Gasteiger partial charge in [0.05, 0.1) is 6.04 Å². The van der Waals surface area contributed by atoms with E-state index in [-0.39, 0.29) is 6.04 Å². The lowest BCUT2D eigenvalue weighted by Gasteiger charge is -2.35. The van der Waals surface area contributed by atoms with Crippen molar-refractivity contribution in [1.82, 2.24) is 15.5 Å². The molecule has 4 nitrogen and oxygen atoms in total. The van der Waals surface area contributed by atoms with Crippen LogP contribution in [0.25, 0.3) is 0 Å². The van der Waals surface area contributed by atoms with Gasteiger partial charge in [0.2, 0.25) is 5.91 Å². The minimum absolute atomic E-state index is 0.251. The third-order valence-electron chi connectivity index (χ3n) is 2.79. The molecular formula is C10H18F3N3O. The molecule has 17 heavy (non-hydrogen) atoms. The molecule has 0 aromatic heterocycles. The highest BCUT2D eigenvalue weighted by Gasteiger charge is 2.30.